The van der Waals surface area contributed by atoms with Crippen LogP contribution in [0.15, 0.2) is 30.4 Å². The first-order valence-electron chi connectivity index (χ1n) is 8.43. The summed E-state index contributed by atoms with van der Waals surface area (Å²) in [6, 6.07) is 9.99. The molecule has 0 amide bonds. The minimum atomic E-state index is 0.500. The van der Waals surface area contributed by atoms with Crippen LogP contribution in [-0.4, -0.2) is 0 Å². The molecule has 105 valence electrons. The van der Waals surface area contributed by atoms with Crippen molar-refractivity contribution in [2.75, 3.05) is 0 Å². The van der Waals surface area contributed by atoms with Gasteiger partial charge in [-0.1, -0.05) is 37.3 Å². The normalized spacial score (nSPS) is 39.0. The number of rotatable bonds is 1. The Labute approximate surface area is 123 Å². The molecule has 0 N–H and O–H groups in total. The van der Waals surface area contributed by atoms with Crippen molar-refractivity contribution in [3.63, 3.8) is 0 Å². The Bertz CT molecular complexity index is 541. The van der Waals surface area contributed by atoms with Crippen molar-refractivity contribution in [2.24, 2.45) is 17.3 Å². The first kappa shape index (κ1) is 12.7. The van der Waals surface area contributed by atoms with Crippen molar-refractivity contribution >= 4 is 0 Å². The molecule has 0 saturated heterocycles. The second-order valence-electron chi connectivity index (χ2n) is 7.23. The molecule has 1 aromatic carbocycles. The van der Waals surface area contributed by atoms with Gasteiger partial charge in [-0.05, 0) is 85.3 Å². The average molecular weight is 265 g/mol. The standard InChI is InChI=1S/C20H25/c1-3-20-13-12-17-16-7-5-4-6-15(16)9-10-18(17)19(20)11-8-14(20)2/h5-7,17-19H,2-3,8-13H2,1H3/t17-,18-,19+,20-/m1/s1. The molecular weight excluding hydrogens is 240 g/mol. The number of benzene rings is 1. The van der Waals surface area contributed by atoms with E-state index < -0.39 is 0 Å². The van der Waals surface area contributed by atoms with Crippen molar-refractivity contribution in [1.82, 2.24) is 0 Å². The summed E-state index contributed by atoms with van der Waals surface area (Å²) in [7, 11) is 0. The van der Waals surface area contributed by atoms with Gasteiger partial charge in [0.15, 0.2) is 0 Å². The van der Waals surface area contributed by atoms with E-state index in [1.165, 1.54) is 44.9 Å². The molecule has 0 unspecified atom stereocenters. The predicted molar refractivity (Wildman–Crippen MR) is 83.7 cm³/mol. The van der Waals surface area contributed by atoms with Gasteiger partial charge >= 0.3 is 0 Å². The highest BCUT2D eigenvalue weighted by molar-refractivity contribution is 5.35. The zero-order valence-corrected chi connectivity index (χ0v) is 12.6. The van der Waals surface area contributed by atoms with E-state index in [-0.39, 0.29) is 0 Å². The lowest BCUT2D eigenvalue weighted by atomic mass is 9.54. The van der Waals surface area contributed by atoms with Gasteiger partial charge in [0.05, 0.1) is 0 Å². The molecule has 0 aliphatic heterocycles. The largest absolute Gasteiger partial charge is 0.0993 e. The number of hydrogen-bond acceptors (Lipinski definition) is 0. The lowest BCUT2D eigenvalue weighted by Crippen LogP contribution is -2.41. The first-order chi connectivity index (χ1) is 9.76. The Morgan fingerprint density at radius 1 is 1.30 bits per heavy atom. The van der Waals surface area contributed by atoms with Crippen LogP contribution >= 0.6 is 0 Å². The highest BCUT2D eigenvalue weighted by Crippen LogP contribution is 2.63. The van der Waals surface area contributed by atoms with Crippen molar-refractivity contribution in [3.05, 3.63) is 47.5 Å². The van der Waals surface area contributed by atoms with Crippen LogP contribution in [0.5, 0.6) is 0 Å². The molecule has 0 aromatic heterocycles. The van der Waals surface area contributed by atoms with Gasteiger partial charge in [-0.15, -0.1) is 0 Å². The third-order valence-corrected chi connectivity index (χ3v) is 6.87. The van der Waals surface area contributed by atoms with Crippen molar-refractivity contribution in [2.45, 2.75) is 57.8 Å². The summed E-state index contributed by atoms with van der Waals surface area (Å²) < 4.78 is 0. The van der Waals surface area contributed by atoms with E-state index >= 15 is 0 Å². The fourth-order valence-corrected chi connectivity index (χ4v) is 5.87. The number of allylic oxidation sites excluding steroid dienone is 1. The van der Waals surface area contributed by atoms with E-state index in [1.807, 2.05) is 0 Å². The molecule has 2 fully saturated rings. The molecule has 2 saturated carbocycles. The predicted octanol–water partition coefficient (Wildman–Crippen LogP) is 5.29. The summed E-state index contributed by atoms with van der Waals surface area (Å²) in [6.07, 6.45) is 9.44. The molecule has 20 heavy (non-hydrogen) atoms. The van der Waals surface area contributed by atoms with Crippen LogP contribution in [0.3, 0.4) is 0 Å². The number of aryl methyl sites for hydroxylation is 1. The number of hydrogen-bond donors (Lipinski definition) is 0. The van der Waals surface area contributed by atoms with Crippen LogP contribution < -0.4 is 0 Å². The average Bonchev–Trinajstić information content (AvgIpc) is 2.85. The Kier molecular flexibility index (Phi) is 2.84. The van der Waals surface area contributed by atoms with E-state index in [1.54, 1.807) is 16.7 Å². The summed E-state index contributed by atoms with van der Waals surface area (Å²) >= 11 is 0. The first-order valence-corrected chi connectivity index (χ1v) is 8.43. The minimum absolute atomic E-state index is 0.500. The molecule has 3 aliphatic rings. The van der Waals surface area contributed by atoms with Gasteiger partial charge in [-0.2, -0.15) is 0 Å². The lowest BCUT2D eigenvalue weighted by molar-refractivity contribution is 0.0644. The van der Waals surface area contributed by atoms with Crippen LogP contribution in [0.4, 0.5) is 0 Å². The molecule has 1 aromatic rings. The molecule has 4 atom stereocenters. The molecule has 0 heterocycles. The van der Waals surface area contributed by atoms with Gasteiger partial charge in [0, 0.05) is 0 Å². The van der Waals surface area contributed by atoms with E-state index in [2.05, 4.69) is 37.8 Å². The highest BCUT2D eigenvalue weighted by atomic mass is 14.6. The Morgan fingerprint density at radius 3 is 3.05 bits per heavy atom. The zero-order valence-electron chi connectivity index (χ0n) is 12.6. The Morgan fingerprint density at radius 2 is 2.20 bits per heavy atom. The summed E-state index contributed by atoms with van der Waals surface area (Å²) in [6.45, 7) is 6.86. The van der Waals surface area contributed by atoms with E-state index in [0.29, 0.717) is 5.41 Å². The lowest BCUT2D eigenvalue weighted by Gasteiger charge is -2.50. The Balaban J connectivity index is 1.73. The van der Waals surface area contributed by atoms with Crippen molar-refractivity contribution < 1.29 is 0 Å². The minimum Gasteiger partial charge on any atom is -0.0993 e. The summed E-state index contributed by atoms with van der Waals surface area (Å²) in [5.41, 5.74) is 5.31. The molecule has 0 nitrogen and oxygen atoms in total. The molecule has 1 radical (unpaired) electrons. The smallest absolute Gasteiger partial charge is 0.00620 e. The van der Waals surface area contributed by atoms with Gasteiger partial charge < -0.3 is 0 Å². The SMILES string of the molecule is C=C1CC[C@H]2[C@@H]3CCc4c[c]ccc4[C@H]3CC[C@]12CC. The molecule has 0 bridgehead atoms. The fraction of sp³-hybridized carbons (Fsp3) is 0.600. The van der Waals surface area contributed by atoms with Gasteiger partial charge in [0.1, 0.15) is 0 Å². The molecule has 0 heteroatoms. The molecule has 4 rings (SSSR count). The molecule has 0 spiro atoms. The van der Waals surface area contributed by atoms with Gasteiger partial charge in [0.25, 0.3) is 0 Å². The summed E-state index contributed by atoms with van der Waals surface area (Å²) in [4.78, 5) is 0. The third kappa shape index (κ3) is 1.54. The van der Waals surface area contributed by atoms with Crippen LogP contribution in [-0.2, 0) is 6.42 Å². The number of fused-ring (bicyclic) bond motifs is 5. The topological polar surface area (TPSA) is 0 Å². The molecule has 3 aliphatic carbocycles. The zero-order chi connectivity index (χ0) is 13.7. The van der Waals surface area contributed by atoms with Crippen LogP contribution in [0.1, 0.15) is 62.5 Å². The summed E-state index contributed by atoms with van der Waals surface area (Å²) in [5.74, 6) is 2.65. The quantitative estimate of drug-likeness (QED) is 0.605. The third-order valence-electron chi connectivity index (χ3n) is 6.87. The Hall–Kier alpha value is -1.04. The van der Waals surface area contributed by atoms with Gasteiger partial charge in [0.2, 0.25) is 0 Å². The van der Waals surface area contributed by atoms with Gasteiger partial charge in [-0.3, -0.25) is 0 Å². The highest BCUT2D eigenvalue weighted by Gasteiger charge is 2.53. The van der Waals surface area contributed by atoms with E-state index in [4.69, 9.17) is 0 Å². The fourth-order valence-electron chi connectivity index (χ4n) is 5.87. The van der Waals surface area contributed by atoms with Crippen LogP contribution in [0.25, 0.3) is 0 Å². The summed E-state index contributed by atoms with van der Waals surface area (Å²) in [5, 5.41) is 0. The monoisotopic (exact) mass is 265 g/mol. The maximum Gasteiger partial charge on any atom is -0.00620 e. The second-order valence-corrected chi connectivity index (χ2v) is 7.23. The maximum absolute atomic E-state index is 4.46. The van der Waals surface area contributed by atoms with E-state index in [0.717, 1.165) is 17.8 Å². The van der Waals surface area contributed by atoms with Crippen molar-refractivity contribution in [1.29, 1.82) is 0 Å². The second kappa shape index (κ2) is 4.48. The van der Waals surface area contributed by atoms with Crippen LogP contribution in [0, 0.1) is 23.3 Å². The van der Waals surface area contributed by atoms with E-state index in [9.17, 15) is 0 Å². The maximum atomic E-state index is 4.46. The van der Waals surface area contributed by atoms with Crippen molar-refractivity contribution in [3.8, 4) is 0 Å². The van der Waals surface area contributed by atoms with Gasteiger partial charge in [-0.25, -0.2) is 0 Å². The molecular formula is C20H25. The van der Waals surface area contributed by atoms with Crippen LogP contribution in [0.2, 0.25) is 0 Å².